The van der Waals surface area contributed by atoms with Gasteiger partial charge in [-0.1, -0.05) is 0 Å². The fourth-order valence-electron chi connectivity index (χ4n) is 6.82. The van der Waals surface area contributed by atoms with E-state index in [1.807, 2.05) is 0 Å². The fraction of sp³-hybridized carbons (Fsp3) is 1.00. The summed E-state index contributed by atoms with van der Waals surface area (Å²) in [5.41, 5.74) is 0.749. The molecule has 0 radical (unpaired) electrons. The van der Waals surface area contributed by atoms with E-state index in [9.17, 15) is 0 Å². The molecule has 0 aromatic heterocycles. The number of hydrogen-bond acceptors (Lipinski definition) is 2. The average Bonchev–Trinajstić information content (AvgIpc) is 2.89. The molecule has 2 nitrogen and oxygen atoms in total. The molecule has 1 aliphatic heterocycles. The molecule has 5 aliphatic rings. The van der Waals surface area contributed by atoms with Crippen molar-refractivity contribution in [3.05, 3.63) is 0 Å². The van der Waals surface area contributed by atoms with Crippen molar-refractivity contribution in [1.82, 2.24) is 4.90 Å². The average molecular weight is 291 g/mol. The van der Waals surface area contributed by atoms with Gasteiger partial charge in [0.2, 0.25) is 0 Å². The quantitative estimate of drug-likeness (QED) is 0.804. The molecule has 2 heteroatoms. The first-order valence-electron chi connectivity index (χ1n) is 9.61. The Bertz CT molecular complexity index is 331. The minimum Gasteiger partial charge on any atom is -0.396 e. The molecule has 1 unspecified atom stereocenters. The van der Waals surface area contributed by atoms with Crippen molar-refractivity contribution in [2.45, 2.75) is 76.7 Å². The second-order valence-corrected chi connectivity index (χ2v) is 8.87. The van der Waals surface area contributed by atoms with E-state index in [1.54, 1.807) is 38.5 Å². The fourth-order valence-corrected chi connectivity index (χ4v) is 6.82. The van der Waals surface area contributed by atoms with Crippen molar-refractivity contribution >= 4 is 0 Å². The van der Waals surface area contributed by atoms with Crippen LogP contribution in [0.4, 0.5) is 0 Å². The first kappa shape index (κ1) is 14.5. The van der Waals surface area contributed by atoms with Gasteiger partial charge < -0.3 is 10.0 Å². The summed E-state index contributed by atoms with van der Waals surface area (Å²) in [7, 11) is 0. The van der Waals surface area contributed by atoms with Crippen LogP contribution < -0.4 is 0 Å². The third kappa shape index (κ3) is 2.91. The van der Waals surface area contributed by atoms with Crippen molar-refractivity contribution in [2.75, 3.05) is 19.7 Å². The molecular formula is C19H33NO. The molecule has 4 saturated carbocycles. The van der Waals surface area contributed by atoms with Crippen LogP contribution in [-0.4, -0.2) is 35.7 Å². The predicted molar refractivity (Wildman–Crippen MR) is 86.1 cm³/mol. The second-order valence-electron chi connectivity index (χ2n) is 8.87. The molecule has 5 fully saturated rings. The van der Waals surface area contributed by atoms with Crippen LogP contribution in [0.5, 0.6) is 0 Å². The van der Waals surface area contributed by atoms with E-state index in [4.69, 9.17) is 5.11 Å². The molecule has 4 aliphatic carbocycles. The van der Waals surface area contributed by atoms with Gasteiger partial charge in [0.25, 0.3) is 0 Å². The minimum atomic E-state index is 0.374. The SMILES string of the molecule is OCCCC1CCCN1CCC12CC3CC(CC(C3)C1)C2. The summed E-state index contributed by atoms with van der Waals surface area (Å²) < 4.78 is 0. The summed E-state index contributed by atoms with van der Waals surface area (Å²) in [5.74, 6) is 3.29. The van der Waals surface area contributed by atoms with E-state index in [0.717, 1.165) is 35.6 Å². The number of nitrogens with zero attached hydrogens (tertiary/aromatic N) is 1. The van der Waals surface area contributed by atoms with Crippen molar-refractivity contribution < 1.29 is 5.11 Å². The lowest BCUT2D eigenvalue weighted by Crippen LogP contribution is -2.47. The summed E-state index contributed by atoms with van der Waals surface area (Å²) in [6.45, 7) is 3.05. The normalized spacial score (nSPS) is 45.6. The first-order valence-corrected chi connectivity index (χ1v) is 9.61. The standard InChI is InChI=1S/C19H33NO/c21-8-2-4-18-3-1-6-20(18)7-5-19-12-15-9-16(13-19)11-17(10-15)14-19/h15-18,21H,1-14H2. The van der Waals surface area contributed by atoms with Gasteiger partial charge in [-0.25, -0.2) is 0 Å². The molecule has 1 saturated heterocycles. The topological polar surface area (TPSA) is 23.5 Å². The Labute approximate surface area is 130 Å². The molecule has 21 heavy (non-hydrogen) atoms. The zero-order valence-corrected chi connectivity index (χ0v) is 13.6. The van der Waals surface area contributed by atoms with Crippen LogP contribution in [0.2, 0.25) is 0 Å². The highest BCUT2D eigenvalue weighted by Crippen LogP contribution is 2.61. The largest absolute Gasteiger partial charge is 0.396 e. The first-order chi connectivity index (χ1) is 10.3. The lowest BCUT2D eigenvalue weighted by atomic mass is 9.49. The molecule has 0 aromatic rings. The maximum atomic E-state index is 9.08. The Morgan fingerprint density at radius 1 is 1.00 bits per heavy atom. The molecule has 1 atom stereocenters. The van der Waals surface area contributed by atoms with E-state index >= 15 is 0 Å². The van der Waals surface area contributed by atoms with Gasteiger partial charge in [0.05, 0.1) is 0 Å². The lowest BCUT2D eigenvalue weighted by molar-refractivity contribution is -0.0615. The Morgan fingerprint density at radius 2 is 1.67 bits per heavy atom. The van der Waals surface area contributed by atoms with Crippen LogP contribution >= 0.6 is 0 Å². The Balaban J connectivity index is 1.34. The van der Waals surface area contributed by atoms with E-state index in [-0.39, 0.29) is 0 Å². The Morgan fingerprint density at radius 3 is 2.29 bits per heavy atom. The third-order valence-electron chi connectivity index (χ3n) is 7.29. The lowest BCUT2D eigenvalue weighted by Gasteiger charge is -2.57. The van der Waals surface area contributed by atoms with Crippen LogP contribution in [0, 0.1) is 23.2 Å². The summed E-state index contributed by atoms with van der Waals surface area (Å²) in [4.78, 5) is 2.77. The Hall–Kier alpha value is -0.0800. The summed E-state index contributed by atoms with van der Waals surface area (Å²) in [6, 6.07) is 0.783. The van der Waals surface area contributed by atoms with Gasteiger partial charge in [-0.15, -0.1) is 0 Å². The molecule has 5 rings (SSSR count). The van der Waals surface area contributed by atoms with Crippen LogP contribution in [0.25, 0.3) is 0 Å². The summed E-state index contributed by atoms with van der Waals surface area (Å²) in [6.07, 6.45) is 15.9. The van der Waals surface area contributed by atoms with Crippen LogP contribution in [0.15, 0.2) is 0 Å². The number of hydrogen-bond donors (Lipinski definition) is 1. The predicted octanol–water partition coefficient (Wildman–Crippen LogP) is 3.83. The smallest absolute Gasteiger partial charge is 0.0431 e. The molecule has 1 N–H and O–H groups in total. The van der Waals surface area contributed by atoms with E-state index in [2.05, 4.69) is 4.90 Å². The second kappa shape index (κ2) is 5.85. The van der Waals surface area contributed by atoms with E-state index in [0.29, 0.717) is 6.61 Å². The highest BCUT2D eigenvalue weighted by atomic mass is 16.2. The molecule has 0 spiro atoms. The summed E-state index contributed by atoms with van der Waals surface area (Å²) >= 11 is 0. The number of aliphatic hydroxyl groups excluding tert-OH is 1. The molecule has 0 aromatic carbocycles. The number of likely N-dealkylation sites (tertiary alicyclic amines) is 1. The molecule has 120 valence electrons. The van der Waals surface area contributed by atoms with Gasteiger partial charge in [0, 0.05) is 12.6 Å². The molecule has 0 amide bonds. The van der Waals surface area contributed by atoms with Gasteiger partial charge in [-0.3, -0.25) is 0 Å². The number of aliphatic hydroxyl groups is 1. The van der Waals surface area contributed by atoms with E-state index < -0.39 is 0 Å². The van der Waals surface area contributed by atoms with Crippen molar-refractivity contribution in [3.63, 3.8) is 0 Å². The van der Waals surface area contributed by atoms with Gasteiger partial charge in [0.15, 0.2) is 0 Å². The van der Waals surface area contributed by atoms with Gasteiger partial charge >= 0.3 is 0 Å². The maximum absolute atomic E-state index is 9.08. The molecule has 4 bridgehead atoms. The van der Waals surface area contributed by atoms with Crippen molar-refractivity contribution in [2.24, 2.45) is 23.2 Å². The summed E-state index contributed by atoms with van der Waals surface area (Å²) in [5, 5.41) is 9.08. The Kier molecular flexibility index (Phi) is 4.04. The van der Waals surface area contributed by atoms with Gasteiger partial charge in [0.1, 0.15) is 0 Å². The van der Waals surface area contributed by atoms with E-state index in [1.165, 1.54) is 38.8 Å². The minimum absolute atomic E-state index is 0.374. The number of rotatable bonds is 6. The van der Waals surface area contributed by atoms with Crippen molar-refractivity contribution in [1.29, 1.82) is 0 Å². The molecule has 1 heterocycles. The van der Waals surface area contributed by atoms with Crippen LogP contribution in [0.1, 0.15) is 70.6 Å². The van der Waals surface area contributed by atoms with Crippen molar-refractivity contribution in [3.8, 4) is 0 Å². The van der Waals surface area contributed by atoms with Gasteiger partial charge in [-0.2, -0.15) is 0 Å². The zero-order chi connectivity index (χ0) is 14.3. The maximum Gasteiger partial charge on any atom is 0.0431 e. The molecular weight excluding hydrogens is 258 g/mol. The van der Waals surface area contributed by atoms with Crippen LogP contribution in [0.3, 0.4) is 0 Å². The van der Waals surface area contributed by atoms with Crippen LogP contribution in [-0.2, 0) is 0 Å². The third-order valence-corrected chi connectivity index (χ3v) is 7.29. The zero-order valence-electron chi connectivity index (χ0n) is 13.6. The van der Waals surface area contributed by atoms with Gasteiger partial charge in [-0.05, 0) is 107 Å². The monoisotopic (exact) mass is 291 g/mol. The highest BCUT2D eigenvalue weighted by Gasteiger charge is 2.50. The highest BCUT2D eigenvalue weighted by molar-refractivity contribution is 5.01.